The van der Waals surface area contributed by atoms with E-state index in [1.54, 1.807) is 0 Å². The molecule has 0 saturated carbocycles. The van der Waals surface area contributed by atoms with E-state index < -0.39 is 0 Å². The highest BCUT2D eigenvalue weighted by molar-refractivity contribution is 6.22. The molecule has 1 aliphatic rings. The summed E-state index contributed by atoms with van der Waals surface area (Å²) in [5, 5.41) is 12.5. The monoisotopic (exact) mass is 570 g/mol. The van der Waals surface area contributed by atoms with Gasteiger partial charge in [-0.15, -0.1) is 0 Å². The third kappa shape index (κ3) is 3.56. The first-order valence-corrected chi connectivity index (χ1v) is 15.5. The fourth-order valence-electron chi connectivity index (χ4n) is 7.64. The van der Waals surface area contributed by atoms with Gasteiger partial charge >= 0.3 is 0 Å². The molecule has 0 saturated heterocycles. The molecule has 0 fully saturated rings. The molecule has 0 unspecified atom stereocenters. The van der Waals surface area contributed by atoms with Crippen molar-refractivity contribution in [2.24, 2.45) is 0 Å². The molecular weight excluding hydrogens is 544 g/mol. The maximum absolute atomic E-state index is 6.45. The molecule has 1 nitrogen and oxygen atoms in total. The summed E-state index contributed by atoms with van der Waals surface area (Å²) in [6.45, 7) is 0. The number of ether oxygens (including phenoxy) is 1. The van der Waals surface area contributed by atoms with Crippen LogP contribution in [0.2, 0.25) is 0 Å². The van der Waals surface area contributed by atoms with Gasteiger partial charge in [-0.2, -0.15) is 0 Å². The second-order valence-corrected chi connectivity index (χ2v) is 12.0. The topological polar surface area (TPSA) is 9.23 Å². The maximum Gasteiger partial charge on any atom is 0.135 e. The SMILES string of the molecule is c1cc2c3c(cccc3c1)-c1cc(-c3c4ccccc4c(-c4ccc5c(ccc6ccccc65)c4)c4ccccc34)ccc1O2. The largest absolute Gasteiger partial charge is 0.456 e. The number of hydrogen-bond donors (Lipinski definition) is 0. The van der Waals surface area contributed by atoms with Crippen LogP contribution >= 0.6 is 0 Å². The van der Waals surface area contributed by atoms with Crippen LogP contribution in [0.1, 0.15) is 0 Å². The van der Waals surface area contributed by atoms with E-state index in [1.807, 2.05) is 0 Å². The van der Waals surface area contributed by atoms with Crippen molar-refractivity contribution >= 4 is 53.9 Å². The summed E-state index contributed by atoms with van der Waals surface area (Å²) < 4.78 is 6.45. The van der Waals surface area contributed by atoms with Crippen LogP contribution in [0.3, 0.4) is 0 Å². The molecule has 0 aliphatic carbocycles. The van der Waals surface area contributed by atoms with E-state index in [9.17, 15) is 0 Å². The van der Waals surface area contributed by atoms with Crippen molar-refractivity contribution in [3.63, 3.8) is 0 Å². The van der Waals surface area contributed by atoms with E-state index in [-0.39, 0.29) is 0 Å². The minimum Gasteiger partial charge on any atom is -0.456 e. The van der Waals surface area contributed by atoms with Crippen molar-refractivity contribution in [2.45, 2.75) is 0 Å². The van der Waals surface area contributed by atoms with Crippen molar-refractivity contribution in [1.82, 2.24) is 0 Å². The summed E-state index contributed by atoms with van der Waals surface area (Å²) in [6, 6.07) is 57.4. The predicted octanol–water partition coefficient (Wildman–Crippen LogP) is 12.6. The molecule has 0 radical (unpaired) electrons. The third-order valence-corrected chi connectivity index (χ3v) is 9.61. The molecule has 0 spiro atoms. The molecule has 1 heteroatoms. The van der Waals surface area contributed by atoms with Gasteiger partial charge in [0.2, 0.25) is 0 Å². The molecule has 9 aromatic rings. The molecular formula is C44H26O. The van der Waals surface area contributed by atoms with Gasteiger partial charge in [-0.05, 0) is 101 Å². The Hall–Kier alpha value is -5.92. The predicted molar refractivity (Wildman–Crippen MR) is 190 cm³/mol. The molecule has 0 atom stereocenters. The Balaban J connectivity index is 1.24. The van der Waals surface area contributed by atoms with Crippen LogP contribution in [-0.2, 0) is 0 Å². The fraction of sp³-hybridized carbons (Fsp3) is 0. The quantitative estimate of drug-likeness (QED) is 0.148. The molecule has 1 aliphatic heterocycles. The molecule has 9 aromatic carbocycles. The van der Waals surface area contributed by atoms with E-state index in [4.69, 9.17) is 4.74 Å². The van der Waals surface area contributed by atoms with E-state index >= 15 is 0 Å². The Kier molecular flexibility index (Phi) is 5.06. The van der Waals surface area contributed by atoms with E-state index in [0.29, 0.717) is 0 Å². The van der Waals surface area contributed by atoms with Crippen molar-refractivity contribution < 1.29 is 4.74 Å². The maximum atomic E-state index is 6.45. The van der Waals surface area contributed by atoms with Gasteiger partial charge in [0, 0.05) is 10.9 Å². The molecule has 45 heavy (non-hydrogen) atoms. The van der Waals surface area contributed by atoms with Crippen LogP contribution in [0.25, 0.3) is 87.2 Å². The first-order valence-electron chi connectivity index (χ1n) is 15.5. The van der Waals surface area contributed by atoms with E-state index in [1.165, 1.54) is 81.7 Å². The standard InChI is InChI=1S/C44H26O/c1-2-12-32-27(9-1)19-20-29-25-30(21-23-33(29)32)42-34-13-3-5-15-36(34)43(37-16-6-4-14-35(37)42)31-22-24-40-39(26-31)38-17-7-10-28-11-8-18-41(45-40)44(28)38/h1-26H. The molecule has 0 bridgehead atoms. The van der Waals surface area contributed by atoms with Crippen LogP contribution < -0.4 is 4.74 Å². The number of fused-ring (bicyclic) bond motifs is 7. The molecule has 1 heterocycles. The van der Waals surface area contributed by atoms with Gasteiger partial charge in [-0.1, -0.05) is 133 Å². The van der Waals surface area contributed by atoms with Crippen LogP contribution in [0.5, 0.6) is 11.5 Å². The van der Waals surface area contributed by atoms with Crippen molar-refractivity contribution in [3.8, 4) is 44.9 Å². The lowest BCUT2D eigenvalue weighted by molar-refractivity contribution is 0.487. The van der Waals surface area contributed by atoms with E-state index in [0.717, 1.165) is 17.1 Å². The van der Waals surface area contributed by atoms with Crippen LogP contribution in [0.15, 0.2) is 158 Å². The van der Waals surface area contributed by atoms with Gasteiger partial charge in [0.15, 0.2) is 0 Å². The zero-order valence-electron chi connectivity index (χ0n) is 24.4. The number of rotatable bonds is 2. The lowest BCUT2D eigenvalue weighted by Crippen LogP contribution is -1.97. The summed E-state index contributed by atoms with van der Waals surface area (Å²) in [7, 11) is 0. The Morgan fingerprint density at radius 2 is 0.867 bits per heavy atom. The van der Waals surface area contributed by atoms with Gasteiger partial charge in [0.1, 0.15) is 11.5 Å². The lowest BCUT2D eigenvalue weighted by atomic mass is 9.84. The lowest BCUT2D eigenvalue weighted by Gasteiger charge is -2.23. The summed E-state index contributed by atoms with van der Waals surface area (Å²) in [4.78, 5) is 0. The molecule has 10 rings (SSSR count). The second kappa shape index (κ2) is 9.29. The highest BCUT2D eigenvalue weighted by atomic mass is 16.5. The first-order chi connectivity index (χ1) is 22.3. The number of benzene rings is 9. The molecule has 208 valence electrons. The summed E-state index contributed by atoms with van der Waals surface area (Å²) in [5.41, 5.74) is 7.32. The third-order valence-electron chi connectivity index (χ3n) is 9.61. The van der Waals surface area contributed by atoms with Crippen molar-refractivity contribution in [2.75, 3.05) is 0 Å². The van der Waals surface area contributed by atoms with E-state index in [2.05, 4.69) is 158 Å². The zero-order chi connectivity index (χ0) is 29.5. The summed E-state index contributed by atoms with van der Waals surface area (Å²) in [5.74, 6) is 1.82. The van der Waals surface area contributed by atoms with Gasteiger partial charge < -0.3 is 4.74 Å². The zero-order valence-corrected chi connectivity index (χ0v) is 24.4. The van der Waals surface area contributed by atoms with Gasteiger partial charge in [0.25, 0.3) is 0 Å². The van der Waals surface area contributed by atoms with Gasteiger partial charge in [-0.3, -0.25) is 0 Å². The average Bonchev–Trinajstić information content (AvgIpc) is 3.10. The highest BCUT2D eigenvalue weighted by Gasteiger charge is 2.22. The van der Waals surface area contributed by atoms with Gasteiger partial charge in [0.05, 0.1) is 0 Å². The first kappa shape index (κ1) is 24.5. The summed E-state index contributed by atoms with van der Waals surface area (Å²) in [6.07, 6.45) is 0. The Bertz CT molecular complexity index is 2620. The molecule has 0 amide bonds. The van der Waals surface area contributed by atoms with Crippen molar-refractivity contribution in [1.29, 1.82) is 0 Å². The van der Waals surface area contributed by atoms with Crippen molar-refractivity contribution in [3.05, 3.63) is 158 Å². The molecule has 0 aromatic heterocycles. The minimum absolute atomic E-state index is 0.902. The normalized spacial score (nSPS) is 12.2. The van der Waals surface area contributed by atoms with Crippen LogP contribution in [0.4, 0.5) is 0 Å². The Labute approximate surface area is 260 Å². The number of hydrogen-bond acceptors (Lipinski definition) is 1. The molecule has 0 N–H and O–H groups in total. The minimum atomic E-state index is 0.902. The van der Waals surface area contributed by atoms with Crippen LogP contribution in [0, 0.1) is 0 Å². The highest BCUT2D eigenvalue weighted by Crippen LogP contribution is 2.50. The smallest absolute Gasteiger partial charge is 0.135 e. The second-order valence-electron chi connectivity index (χ2n) is 12.0. The fourth-order valence-corrected chi connectivity index (χ4v) is 7.64. The van der Waals surface area contributed by atoms with Gasteiger partial charge in [-0.25, -0.2) is 0 Å². The summed E-state index contributed by atoms with van der Waals surface area (Å²) >= 11 is 0. The van der Waals surface area contributed by atoms with Crippen LogP contribution in [-0.4, -0.2) is 0 Å². The Morgan fingerprint density at radius 1 is 0.311 bits per heavy atom. The Morgan fingerprint density at radius 3 is 1.60 bits per heavy atom. The average molecular weight is 571 g/mol.